The van der Waals surface area contributed by atoms with E-state index >= 15 is 0 Å². The number of rotatable bonds is 5. The van der Waals surface area contributed by atoms with Crippen molar-refractivity contribution in [1.82, 2.24) is 15.0 Å². The molecule has 0 fully saturated rings. The zero-order chi connectivity index (χ0) is 18.6. The van der Waals surface area contributed by atoms with E-state index in [1.54, 1.807) is 12.1 Å². The third kappa shape index (κ3) is 3.77. The number of hydrogen-bond donors (Lipinski definition) is 1. The molecule has 0 saturated heterocycles. The van der Waals surface area contributed by atoms with E-state index in [4.69, 9.17) is 4.98 Å². The van der Waals surface area contributed by atoms with Crippen molar-refractivity contribution in [3.05, 3.63) is 83.8 Å². The minimum absolute atomic E-state index is 0.241. The molecule has 4 rings (SSSR count). The summed E-state index contributed by atoms with van der Waals surface area (Å²) in [5, 5.41) is 3.22. The Labute approximate surface area is 157 Å². The van der Waals surface area contributed by atoms with Crippen LogP contribution in [0.1, 0.15) is 18.2 Å². The highest BCUT2D eigenvalue weighted by Crippen LogP contribution is 2.23. The van der Waals surface area contributed by atoms with Crippen LogP contribution in [-0.2, 0) is 13.0 Å². The summed E-state index contributed by atoms with van der Waals surface area (Å²) < 4.78 is 13.0. The van der Waals surface area contributed by atoms with E-state index in [1.165, 1.54) is 12.1 Å². The number of nitrogens with one attached hydrogen (secondary N) is 1. The number of aromatic nitrogens is 3. The molecule has 0 aliphatic carbocycles. The molecular formula is C22H19FN4. The molecule has 1 N–H and O–H groups in total. The van der Waals surface area contributed by atoms with Crippen LogP contribution in [0.25, 0.3) is 22.3 Å². The SMILES string of the molecule is CCc1nc(NCc2ccc(F)cc2)nc2ccc(-c3ccccc3)nc12. The lowest BCUT2D eigenvalue weighted by atomic mass is 10.1. The fourth-order valence-corrected chi connectivity index (χ4v) is 2.95. The first-order valence-corrected chi connectivity index (χ1v) is 8.94. The number of anilines is 1. The maximum absolute atomic E-state index is 13.0. The van der Waals surface area contributed by atoms with Gasteiger partial charge in [0.2, 0.25) is 5.95 Å². The third-order valence-electron chi connectivity index (χ3n) is 4.38. The summed E-state index contributed by atoms with van der Waals surface area (Å²) >= 11 is 0. The zero-order valence-corrected chi connectivity index (χ0v) is 15.0. The van der Waals surface area contributed by atoms with E-state index in [1.807, 2.05) is 42.5 Å². The second-order valence-electron chi connectivity index (χ2n) is 6.26. The summed E-state index contributed by atoms with van der Waals surface area (Å²) in [4.78, 5) is 14.0. The Hall–Kier alpha value is -3.34. The standard InChI is InChI=1S/C22H19FN4/c1-2-18-21-20(13-12-19(25-21)16-6-4-3-5-7-16)27-22(26-18)24-14-15-8-10-17(23)11-9-15/h3-13H,2,14H2,1H3,(H,24,26,27). The molecule has 0 spiro atoms. The third-order valence-corrected chi connectivity index (χ3v) is 4.38. The zero-order valence-electron chi connectivity index (χ0n) is 15.0. The number of pyridine rings is 1. The maximum Gasteiger partial charge on any atom is 0.223 e. The topological polar surface area (TPSA) is 50.7 Å². The second-order valence-corrected chi connectivity index (χ2v) is 6.26. The second kappa shape index (κ2) is 7.50. The summed E-state index contributed by atoms with van der Waals surface area (Å²) in [5.41, 5.74) is 5.48. The molecule has 134 valence electrons. The Balaban J connectivity index is 1.65. The van der Waals surface area contributed by atoms with Crippen LogP contribution in [0.15, 0.2) is 66.7 Å². The molecule has 0 radical (unpaired) electrons. The van der Waals surface area contributed by atoms with Gasteiger partial charge in [-0.1, -0.05) is 49.4 Å². The van der Waals surface area contributed by atoms with E-state index in [0.717, 1.165) is 40.0 Å². The van der Waals surface area contributed by atoms with Gasteiger partial charge in [-0.25, -0.2) is 19.3 Å². The molecule has 0 aliphatic heterocycles. The van der Waals surface area contributed by atoms with Gasteiger partial charge in [-0.05, 0) is 36.2 Å². The lowest BCUT2D eigenvalue weighted by molar-refractivity contribution is 0.627. The average molecular weight is 358 g/mol. The molecule has 0 bridgehead atoms. The van der Waals surface area contributed by atoms with Crippen molar-refractivity contribution in [3.8, 4) is 11.3 Å². The molecule has 2 aromatic heterocycles. The lowest BCUT2D eigenvalue weighted by Gasteiger charge is -2.10. The Morgan fingerprint density at radius 2 is 1.63 bits per heavy atom. The van der Waals surface area contributed by atoms with Crippen LogP contribution in [-0.4, -0.2) is 15.0 Å². The van der Waals surface area contributed by atoms with Crippen molar-refractivity contribution in [3.63, 3.8) is 0 Å². The molecule has 0 atom stereocenters. The fourth-order valence-electron chi connectivity index (χ4n) is 2.95. The summed E-state index contributed by atoms with van der Waals surface area (Å²) in [7, 11) is 0. The molecule has 0 aliphatic rings. The maximum atomic E-state index is 13.0. The first-order chi connectivity index (χ1) is 13.2. The predicted molar refractivity (Wildman–Crippen MR) is 106 cm³/mol. The normalized spacial score (nSPS) is 10.9. The van der Waals surface area contributed by atoms with E-state index in [0.29, 0.717) is 12.5 Å². The smallest absolute Gasteiger partial charge is 0.223 e. The van der Waals surface area contributed by atoms with Gasteiger partial charge in [0.05, 0.1) is 16.9 Å². The van der Waals surface area contributed by atoms with Gasteiger partial charge in [-0.15, -0.1) is 0 Å². The number of benzene rings is 2. The van der Waals surface area contributed by atoms with Crippen LogP contribution < -0.4 is 5.32 Å². The van der Waals surface area contributed by atoms with Crippen LogP contribution in [0.3, 0.4) is 0 Å². The average Bonchev–Trinajstić information content (AvgIpc) is 2.73. The highest BCUT2D eigenvalue weighted by atomic mass is 19.1. The summed E-state index contributed by atoms with van der Waals surface area (Å²) in [5.74, 6) is 0.312. The van der Waals surface area contributed by atoms with Crippen LogP contribution >= 0.6 is 0 Å². The van der Waals surface area contributed by atoms with Gasteiger partial charge in [0, 0.05) is 12.1 Å². The van der Waals surface area contributed by atoms with Gasteiger partial charge in [0.1, 0.15) is 11.3 Å². The van der Waals surface area contributed by atoms with E-state index in [9.17, 15) is 4.39 Å². The number of nitrogens with zero attached hydrogens (tertiary/aromatic N) is 3. The van der Waals surface area contributed by atoms with E-state index in [-0.39, 0.29) is 5.82 Å². The summed E-state index contributed by atoms with van der Waals surface area (Å²) in [6.07, 6.45) is 0.759. The van der Waals surface area contributed by atoms with Crippen molar-refractivity contribution in [2.24, 2.45) is 0 Å². The largest absolute Gasteiger partial charge is 0.350 e. The van der Waals surface area contributed by atoms with Gasteiger partial charge in [0.25, 0.3) is 0 Å². The van der Waals surface area contributed by atoms with Gasteiger partial charge < -0.3 is 5.32 Å². The molecular weight excluding hydrogens is 339 g/mol. The Morgan fingerprint density at radius 3 is 2.37 bits per heavy atom. The highest BCUT2D eigenvalue weighted by Gasteiger charge is 2.10. The van der Waals surface area contributed by atoms with E-state index < -0.39 is 0 Å². The number of fused-ring (bicyclic) bond motifs is 1. The van der Waals surface area contributed by atoms with Crippen molar-refractivity contribution in [1.29, 1.82) is 0 Å². The molecule has 0 saturated carbocycles. The van der Waals surface area contributed by atoms with Crippen molar-refractivity contribution < 1.29 is 4.39 Å². The highest BCUT2D eigenvalue weighted by molar-refractivity contribution is 5.81. The summed E-state index contributed by atoms with van der Waals surface area (Å²) in [6, 6.07) is 20.4. The van der Waals surface area contributed by atoms with Crippen molar-refractivity contribution in [2.45, 2.75) is 19.9 Å². The van der Waals surface area contributed by atoms with Crippen LogP contribution in [0.4, 0.5) is 10.3 Å². The Bertz CT molecular complexity index is 1060. The van der Waals surface area contributed by atoms with Crippen LogP contribution in [0.2, 0.25) is 0 Å². The molecule has 5 heteroatoms. The van der Waals surface area contributed by atoms with Gasteiger partial charge in [-0.3, -0.25) is 0 Å². The monoisotopic (exact) mass is 358 g/mol. The van der Waals surface area contributed by atoms with Crippen molar-refractivity contribution >= 4 is 17.0 Å². The molecule has 4 nitrogen and oxygen atoms in total. The predicted octanol–water partition coefficient (Wildman–Crippen LogP) is 5.01. The Morgan fingerprint density at radius 1 is 0.852 bits per heavy atom. The van der Waals surface area contributed by atoms with E-state index in [2.05, 4.69) is 22.2 Å². The number of hydrogen-bond acceptors (Lipinski definition) is 4. The Kier molecular flexibility index (Phi) is 4.75. The summed E-state index contributed by atoms with van der Waals surface area (Å²) in [6.45, 7) is 2.59. The molecule has 4 aromatic rings. The van der Waals surface area contributed by atoms with Crippen LogP contribution in [0, 0.1) is 5.82 Å². The van der Waals surface area contributed by atoms with Crippen LogP contribution in [0.5, 0.6) is 0 Å². The minimum Gasteiger partial charge on any atom is -0.350 e. The minimum atomic E-state index is -0.241. The fraction of sp³-hybridized carbons (Fsp3) is 0.136. The molecule has 27 heavy (non-hydrogen) atoms. The molecule has 0 unspecified atom stereocenters. The molecule has 0 amide bonds. The molecule has 2 heterocycles. The molecule has 2 aromatic carbocycles. The van der Waals surface area contributed by atoms with Gasteiger partial charge in [0.15, 0.2) is 0 Å². The first-order valence-electron chi connectivity index (χ1n) is 8.94. The first kappa shape index (κ1) is 17.1. The lowest BCUT2D eigenvalue weighted by Crippen LogP contribution is -2.06. The van der Waals surface area contributed by atoms with Gasteiger partial charge >= 0.3 is 0 Å². The quantitative estimate of drug-likeness (QED) is 0.545. The number of halogens is 1. The van der Waals surface area contributed by atoms with Gasteiger partial charge in [-0.2, -0.15) is 0 Å². The number of aryl methyl sites for hydroxylation is 1. The van der Waals surface area contributed by atoms with Crippen molar-refractivity contribution in [2.75, 3.05) is 5.32 Å².